The van der Waals surface area contributed by atoms with E-state index in [1.165, 1.54) is 49.9 Å². The maximum absolute atomic E-state index is 11.9. The Morgan fingerprint density at radius 3 is 2.36 bits per heavy atom. The Hall–Kier alpha value is -1.95. The van der Waals surface area contributed by atoms with Crippen molar-refractivity contribution in [3.8, 4) is 0 Å². The molecule has 1 aromatic carbocycles. The largest absolute Gasteiger partial charge is 0.352 e. The summed E-state index contributed by atoms with van der Waals surface area (Å²) < 4.78 is 0. The number of hydrogen-bond acceptors (Lipinski definition) is 4. The van der Waals surface area contributed by atoms with Gasteiger partial charge in [-0.15, -0.1) is 0 Å². The average molecular weight is 305 g/mol. The van der Waals surface area contributed by atoms with Crippen molar-refractivity contribution >= 4 is 11.6 Å². The lowest BCUT2D eigenvalue weighted by Gasteiger charge is -2.19. The minimum Gasteiger partial charge on any atom is -0.352 e. The second-order valence-electron chi connectivity index (χ2n) is 5.67. The number of nitrogens with zero attached hydrogens (tertiary/aromatic N) is 2. The Kier molecular flexibility index (Phi) is 6.33. The first kappa shape index (κ1) is 16.4. The highest BCUT2D eigenvalue weighted by Gasteiger charge is 2.10. The number of carbonyl (C=O) groups is 1. The van der Waals surface area contributed by atoms with Crippen LogP contribution >= 0.6 is 0 Å². The van der Waals surface area contributed by atoms with E-state index in [1.807, 2.05) is 0 Å². The zero-order chi connectivity index (χ0) is 15.8. The molecule has 22 heavy (non-hydrogen) atoms. The van der Waals surface area contributed by atoms with Gasteiger partial charge in [-0.25, -0.2) is 0 Å². The molecule has 6 nitrogen and oxygen atoms in total. The van der Waals surface area contributed by atoms with Crippen LogP contribution in [0, 0.1) is 10.1 Å². The molecule has 6 heteroatoms. The van der Waals surface area contributed by atoms with Gasteiger partial charge in [0, 0.05) is 24.2 Å². The van der Waals surface area contributed by atoms with Crippen LogP contribution in [0.1, 0.15) is 42.5 Å². The fraction of sp³-hybridized carbons (Fsp3) is 0.562. The summed E-state index contributed by atoms with van der Waals surface area (Å²) in [6.07, 6.45) is 6.13. The van der Waals surface area contributed by atoms with Gasteiger partial charge in [-0.05, 0) is 51.0 Å². The number of non-ortho nitro benzene ring substituents is 1. The first-order valence-electron chi connectivity index (χ1n) is 7.92. The van der Waals surface area contributed by atoms with Gasteiger partial charge < -0.3 is 10.2 Å². The zero-order valence-corrected chi connectivity index (χ0v) is 12.8. The molecule has 0 spiro atoms. The maximum atomic E-state index is 11.9. The molecular weight excluding hydrogens is 282 g/mol. The van der Waals surface area contributed by atoms with E-state index in [-0.39, 0.29) is 11.6 Å². The van der Waals surface area contributed by atoms with Crippen LogP contribution in [-0.4, -0.2) is 41.9 Å². The highest BCUT2D eigenvalue weighted by molar-refractivity contribution is 5.94. The fourth-order valence-electron chi connectivity index (χ4n) is 2.70. The SMILES string of the molecule is O=C(NCCCN1CCCCCC1)c1ccc([N+](=O)[O-])cc1. The van der Waals surface area contributed by atoms with E-state index in [0.29, 0.717) is 12.1 Å². The molecular formula is C16H23N3O3. The Morgan fingerprint density at radius 2 is 1.77 bits per heavy atom. The van der Waals surface area contributed by atoms with E-state index < -0.39 is 4.92 Å². The molecule has 1 fully saturated rings. The Bertz CT molecular complexity index is 494. The lowest BCUT2D eigenvalue weighted by atomic mass is 10.2. The number of benzene rings is 1. The fourth-order valence-corrected chi connectivity index (χ4v) is 2.70. The number of carbonyl (C=O) groups excluding carboxylic acids is 1. The van der Waals surface area contributed by atoms with Crippen molar-refractivity contribution in [2.24, 2.45) is 0 Å². The molecule has 0 unspecified atom stereocenters. The van der Waals surface area contributed by atoms with Gasteiger partial charge in [-0.3, -0.25) is 14.9 Å². The van der Waals surface area contributed by atoms with Gasteiger partial charge in [0.25, 0.3) is 11.6 Å². The van der Waals surface area contributed by atoms with Crippen molar-refractivity contribution in [2.75, 3.05) is 26.2 Å². The van der Waals surface area contributed by atoms with E-state index >= 15 is 0 Å². The van der Waals surface area contributed by atoms with Crippen LogP contribution in [0.2, 0.25) is 0 Å². The molecule has 1 aromatic rings. The van der Waals surface area contributed by atoms with Crippen LogP contribution in [0.3, 0.4) is 0 Å². The van der Waals surface area contributed by atoms with Crippen molar-refractivity contribution in [3.05, 3.63) is 39.9 Å². The van der Waals surface area contributed by atoms with Crippen LogP contribution in [0.15, 0.2) is 24.3 Å². The number of likely N-dealkylation sites (tertiary alicyclic amines) is 1. The quantitative estimate of drug-likeness (QED) is 0.498. The van der Waals surface area contributed by atoms with Crippen LogP contribution in [0.5, 0.6) is 0 Å². The topological polar surface area (TPSA) is 75.5 Å². The van der Waals surface area contributed by atoms with E-state index in [4.69, 9.17) is 0 Å². The number of nitrogens with one attached hydrogen (secondary N) is 1. The van der Waals surface area contributed by atoms with Crippen molar-refractivity contribution in [1.82, 2.24) is 10.2 Å². The third-order valence-corrected chi connectivity index (χ3v) is 3.98. The van der Waals surface area contributed by atoms with Crippen LogP contribution in [0.4, 0.5) is 5.69 Å². The zero-order valence-electron chi connectivity index (χ0n) is 12.8. The molecule has 0 saturated carbocycles. The second-order valence-corrected chi connectivity index (χ2v) is 5.67. The van der Waals surface area contributed by atoms with E-state index in [1.54, 1.807) is 0 Å². The molecule has 0 bridgehead atoms. The summed E-state index contributed by atoms with van der Waals surface area (Å²) in [5.74, 6) is -0.175. The summed E-state index contributed by atoms with van der Waals surface area (Å²) in [4.78, 5) is 24.5. The van der Waals surface area contributed by atoms with Gasteiger partial charge in [0.15, 0.2) is 0 Å². The summed E-state index contributed by atoms with van der Waals surface area (Å²) in [5, 5.41) is 13.4. The predicted molar refractivity (Wildman–Crippen MR) is 85.0 cm³/mol. The number of rotatable bonds is 6. The van der Waals surface area contributed by atoms with Crippen molar-refractivity contribution in [3.63, 3.8) is 0 Å². The smallest absolute Gasteiger partial charge is 0.269 e. The van der Waals surface area contributed by atoms with E-state index in [0.717, 1.165) is 26.1 Å². The molecule has 1 aliphatic rings. The van der Waals surface area contributed by atoms with Crippen molar-refractivity contribution in [1.29, 1.82) is 0 Å². The monoisotopic (exact) mass is 305 g/mol. The van der Waals surface area contributed by atoms with E-state index in [2.05, 4.69) is 10.2 Å². The minimum absolute atomic E-state index is 0.00212. The van der Waals surface area contributed by atoms with Gasteiger partial charge in [-0.2, -0.15) is 0 Å². The Balaban J connectivity index is 1.69. The molecule has 0 aromatic heterocycles. The molecule has 0 radical (unpaired) electrons. The third-order valence-electron chi connectivity index (χ3n) is 3.98. The van der Waals surface area contributed by atoms with Crippen LogP contribution < -0.4 is 5.32 Å². The molecule has 1 aliphatic heterocycles. The first-order valence-corrected chi connectivity index (χ1v) is 7.92. The summed E-state index contributed by atoms with van der Waals surface area (Å²) >= 11 is 0. The van der Waals surface area contributed by atoms with Gasteiger partial charge in [0.2, 0.25) is 0 Å². The Labute approximate surface area is 130 Å². The summed E-state index contributed by atoms with van der Waals surface area (Å²) in [6.45, 7) is 3.97. The molecule has 2 rings (SSSR count). The highest BCUT2D eigenvalue weighted by atomic mass is 16.6. The van der Waals surface area contributed by atoms with Crippen LogP contribution in [-0.2, 0) is 0 Å². The minimum atomic E-state index is -0.469. The van der Waals surface area contributed by atoms with E-state index in [9.17, 15) is 14.9 Å². The molecule has 120 valence electrons. The Morgan fingerprint density at radius 1 is 1.14 bits per heavy atom. The van der Waals surface area contributed by atoms with Gasteiger partial charge in [-0.1, -0.05) is 12.8 Å². The number of nitro benzene ring substituents is 1. The standard InChI is InChI=1S/C16H23N3O3/c20-16(14-6-8-15(9-7-14)19(21)22)17-10-5-13-18-11-3-1-2-4-12-18/h6-9H,1-5,10-13H2,(H,17,20). The lowest BCUT2D eigenvalue weighted by Crippen LogP contribution is -2.30. The van der Waals surface area contributed by atoms with Gasteiger partial charge >= 0.3 is 0 Å². The molecule has 0 atom stereocenters. The first-order chi connectivity index (χ1) is 10.7. The van der Waals surface area contributed by atoms with Gasteiger partial charge in [0.05, 0.1) is 4.92 Å². The summed E-state index contributed by atoms with van der Waals surface area (Å²) in [7, 11) is 0. The molecule has 0 aliphatic carbocycles. The van der Waals surface area contributed by atoms with Crippen molar-refractivity contribution < 1.29 is 9.72 Å². The molecule has 1 saturated heterocycles. The molecule has 1 amide bonds. The van der Waals surface area contributed by atoms with Crippen molar-refractivity contribution in [2.45, 2.75) is 32.1 Å². The molecule has 1 heterocycles. The normalized spacial score (nSPS) is 16.0. The lowest BCUT2D eigenvalue weighted by molar-refractivity contribution is -0.384. The number of amides is 1. The third kappa shape index (κ3) is 5.11. The van der Waals surface area contributed by atoms with Crippen LogP contribution in [0.25, 0.3) is 0 Å². The highest BCUT2D eigenvalue weighted by Crippen LogP contribution is 2.12. The maximum Gasteiger partial charge on any atom is 0.269 e. The summed E-state index contributed by atoms with van der Waals surface area (Å²) in [6, 6.07) is 5.68. The number of nitro groups is 1. The van der Waals surface area contributed by atoms with Gasteiger partial charge in [0.1, 0.15) is 0 Å². The predicted octanol–water partition coefficient (Wildman–Crippen LogP) is 2.59. The molecule has 1 N–H and O–H groups in total. The average Bonchev–Trinajstić information content (AvgIpc) is 2.80. The number of hydrogen-bond donors (Lipinski definition) is 1. The summed E-state index contributed by atoms with van der Waals surface area (Å²) in [5.41, 5.74) is 0.457. The second kappa shape index (κ2) is 8.48.